The van der Waals surface area contributed by atoms with Crippen LogP contribution in [0.25, 0.3) is 0 Å². The Morgan fingerprint density at radius 1 is 1.27 bits per heavy atom. The summed E-state index contributed by atoms with van der Waals surface area (Å²) >= 11 is 0. The highest BCUT2D eigenvalue weighted by molar-refractivity contribution is 5.94. The quantitative estimate of drug-likeness (QED) is 0.832. The Morgan fingerprint density at radius 3 is 2.81 bits per heavy atom. The van der Waals surface area contributed by atoms with Gasteiger partial charge in [0.15, 0.2) is 11.6 Å². The predicted molar refractivity (Wildman–Crippen MR) is 95.6 cm³/mol. The van der Waals surface area contributed by atoms with E-state index in [0.29, 0.717) is 30.9 Å². The Kier molecular flexibility index (Phi) is 7.32. The van der Waals surface area contributed by atoms with E-state index >= 15 is 0 Å². The number of ether oxygens (including phenoxy) is 2. The molecule has 3 rings (SSSR count). The summed E-state index contributed by atoms with van der Waals surface area (Å²) in [7, 11) is 0. The van der Waals surface area contributed by atoms with Gasteiger partial charge in [-0.25, -0.2) is 8.78 Å². The Hall–Kier alpha value is -2.22. The molecule has 140 valence electrons. The molecule has 0 bridgehead atoms. The summed E-state index contributed by atoms with van der Waals surface area (Å²) in [5, 5.41) is 5.66. The first-order valence-corrected chi connectivity index (χ1v) is 7.92. The minimum atomic E-state index is -0.614. The molecule has 0 aromatic heterocycles. The SMILES string of the molecule is Cl.O=C(Nc1ccc(OCc2cccc(F)c2)c(F)c1)C1CNCCO1. The molecule has 0 aliphatic carbocycles. The fourth-order valence-corrected chi connectivity index (χ4v) is 2.44. The molecule has 0 spiro atoms. The van der Waals surface area contributed by atoms with Crippen molar-refractivity contribution in [3.8, 4) is 5.75 Å². The lowest BCUT2D eigenvalue weighted by atomic mass is 10.2. The Morgan fingerprint density at radius 2 is 2.12 bits per heavy atom. The van der Waals surface area contributed by atoms with E-state index in [1.165, 1.54) is 30.3 Å². The molecule has 2 aromatic rings. The van der Waals surface area contributed by atoms with E-state index < -0.39 is 11.9 Å². The van der Waals surface area contributed by atoms with Crippen LogP contribution < -0.4 is 15.4 Å². The van der Waals surface area contributed by atoms with Crippen molar-refractivity contribution < 1.29 is 23.0 Å². The van der Waals surface area contributed by atoms with Crippen LogP contribution in [0.15, 0.2) is 42.5 Å². The second-order valence-electron chi connectivity index (χ2n) is 5.62. The lowest BCUT2D eigenvalue weighted by molar-refractivity contribution is -0.128. The van der Waals surface area contributed by atoms with Gasteiger partial charge in [-0.3, -0.25) is 4.79 Å². The predicted octanol–water partition coefficient (Wildman–Crippen LogP) is 2.89. The van der Waals surface area contributed by atoms with Gasteiger partial charge in [0.2, 0.25) is 0 Å². The standard InChI is InChI=1S/C18H18F2N2O3.ClH/c19-13-3-1-2-12(8-13)11-25-16-5-4-14(9-15(16)20)22-18(23)17-10-21-6-7-24-17;/h1-5,8-9,17,21H,6-7,10-11H2,(H,22,23);1H. The van der Waals surface area contributed by atoms with Crippen LogP contribution in [-0.4, -0.2) is 31.7 Å². The van der Waals surface area contributed by atoms with Gasteiger partial charge >= 0.3 is 0 Å². The largest absolute Gasteiger partial charge is 0.486 e. The summed E-state index contributed by atoms with van der Waals surface area (Å²) < 4.78 is 38.0. The highest BCUT2D eigenvalue weighted by Gasteiger charge is 2.22. The van der Waals surface area contributed by atoms with E-state index in [2.05, 4.69) is 10.6 Å². The number of amides is 1. The lowest BCUT2D eigenvalue weighted by Gasteiger charge is -2.22. The van der Waals surface area contributed by atoms with Crippen LogP contribution in [0.3, 0.4) is 0 Å². The summed E-state index contributed by atoms with van der Waals surface area (Å²) in [5.41, 5.74) is 0.911. The smallest absolute Gasteiger partial charge is 0.254 e. The zero-order chi connectivity index (χ0) is 17.6. The summed E-state index contributed by atoms with van der Waals surface area (Å²) in [6.45, 7) is 1.63. The second-order valence-corrected chi connectivity index (χ2v) is 5.62. The van der Waals surface area contributed by atoms with Gasteiger partial charge in [-0.1, -0.05) is 12.1 Å². The zero-order valence-electron chi connectivity index (χ0n) is 13.8. The maximum atomic E-state index is 14.1. The van der Waals surface area contributed by atoms with E-state index in [1.807, 2.05) is 0 Å². The average molecular weight is 385 g/mol. The number of halogens is 3. The molecule has 5 nitrogen and oxygen atoms in total. The van der Waals surface area contributed by atoms with Crippen LogP contribution >= 0.6 is 12.4 Å². The monoisotopic (exact) mass is 384 g/mol. The molecule has 1 atom stereocenters. The van der Waals surface area contributed by atoms with Crippen molar-refractivity contribution in [2.75, 3.05) is 25.0 Å². The molecule has 8 heteroatoms. The van der Waals surface area contributed by atoms with Gasteiger partial charge in [-0.05, 0) is 29.8 Å². The number of anilines is 1. The van der Waals surface area contributed by atoms with E-state index in [0.717, 1.165) is 0 Å². The maximum Gasteiger partial charge on any atom is 0.254 e. The molecule has 2 N–H and O–H groups in total. The number of carbonyl (C=O) groups is 1. The summed E-state index contributed by atoms with van der Waals surface area (Å²) in [6, 6.07) is 10.0. The van der Waals surface area contributed by atoms with Gasteiger partial charge in [0.1, 0.15) is 18.5 Å². The third-order valence-electron chi connectivity index (χ3n) is 3.70. The molecule has 1 aliphatic heterocycles. The molecule has 1 fully saturated rings. The molecule has 0 saturated carbocycles. The van der Waals surface area contributed by atoms with Crippen LogP contribution in [0.4, 0.5) is 14.5 Å². The van der Waals surface area contributed by atoms with Gasteiger partial charge in [0, 0.05) is 24.8 Å². The molecule has 1 saturated heterocycles. The zero-order valence-corrected chi connectivity index (χ0v) is 14.7. The Bertz CT molecular complexity index is 755. The Labute approximate surface area is 156 Å². The normalized spacial score (nSPS) is 16.5. The summed E-state index contributed by atoms with van der Waals surface area (Å²) in [5.74, 6) is -1.30. The third kappa shape index (κ3) is 5.39. The molecule has 1 aliphatic rings. The first kappa shape index (κ1) is 20.1. The molecule has 26 heavy (non-hydrogen) atoms. The fourth-order valence-electron chi connectivity index (χ4n) is 2.44. The van der Waals surface area contributed by atoms with Crippen LogP contribution in [0.5, 0.6) is 5.75 Å². The summed E-state index contributed by atoms with van der Waals surface area (Å²) in [4.78, 5) is 12.0. The molecule has 1 heterocycles. The average Bonchev–Trinajstić information content (AvgIpc) is 2.62. The van der Waals surface area contributed by atoms with Crippen molar-refractivity contribution in [3.63, 3.8) is 0 Å². The first-order valence-electron chi connectivity index (χ1n) is 7.92. The third-order valence-corrected chi connectivity index (χ3v) is 3.70. The van der Waals surface area contributed by atoms with Gasteiger partial charge in [-0.15, -0.1) is 12.4 Å². The van der Waals surface area contributed by atoms with Crippen LogP contribution in [0.2, 0.25) is 0 Å². The van der Waals surface area contributed by atoms with E-state index in [-0.39, 0.29) is 36.5 Å². The number of carbonyl (C=O) groups excluding carboxylic acids is 1. The summed E-state index contributed by atoms with van der Waals surface area (Å²) in [6.07, 6.45) is -0.597. The number of nitrogens with one attached hydrogen (secondary N) is 2. The van der Waals surface area contributed by atoms with Crippen LogP contribution in [-0.2, 0) is 16.1 Å². The maximum absolute atomic E-state index is 14.1. The molecular weight excluding hydrogens is 366 g/mol. The number of benzene rings is 2. The van der Waals surface area contributed by atoms with Crippen molar-refractivity contribution in [2.45, 2.75) is 12.7 Å². The van der Waals surface area contributed by atoms with Crippen molar-refractivity contribution in [1.82, 2.24) is 5.32 Å². The van der Waals surface area contributed by atoms with Gasteiger partial charge < -0.3 is 20.1 Å². The number of morpholine rings is 1. The minimum Gasteiger partial charge on any atom is -0.486 e. The highest BCUT2D eigenvalue weighted by atomic mass is 35.5. The van der Waals surface area contributed by atoms with E-state index in [4.69, 9.17) is 9.47 Å². The van der Waals surface area contributed by atoms with Crippen LogP contribution in [0.1, 0.15) is 5.56 Å². The molecule has 1 unspecified atom stereocenters. The second kappa shape index (κ2) is 9.47. The first-order chi connectivity index (χ1) is 12.1. The Balaban J connectivity index is 0.00000243. The highest BCUT2D eigenvalue weighted by Crippen LogP contribution is 2.22. The molecule has 2 aromatic carbocycles. The van der Waals surface area contributed by atoms with Gasteiger partial charge in [-0.2, -0.15) is 0 Å². The molecular formula is C18H19ClF2N2O3. The van der Waals surface area contributed by atoms with Crippen molar-refractivity contribution in [3.05, 3.63) is 59.7 Å². The van der Waals surface area contributed by atoms with Crippen LogP contribution in [0, 0.1) is 11.6 Å². The molecule has 1 amide bonds. The van der Waals surface area contributed by atoms with Crippen molar-refractivity contribution in [1.29, 1.82) is 0 Å². The fraction of sp³-hybridized carbons (Fsp3) is 0.278. The number of rotatable bonds is 5. The van der Waals surface area contributed by atoms with E-state index in [1.54, 1.807) is 12.1 Å². The lowest BCUT2D eigenvalue weighted by Crippen LogP contribution is -2.45. The van der Waals surface area contributed by atoms with Crippen molar-refractivity contribution in [2.24, 2.45) is 0 Å². The van der Waals surface area contributed by atoms with Crippen molar-refractivity contribution >= 4 is 24.0 Å². The number of hydrogen-bond donors (Lipinski definition) is 2. The van der Waals surface area contributed by atoms with Gasteiger partial charge in [0.25, 0.3) is 5.91 Å². The minimum absolute atomic E-state index is 0. The topological polar surface area (TPSA) is 59.6 Å². The van der Waals surface area contributed by atoms with E-state index in [9.17, 15) is 13.6 Å². The number of hydrogen-bond acceptors (Lipinski definition) is 4. The molecule has 0 radical (unpaired) electrons. The van der Waals surface area contributed by atoms with Gasteiger partial charge in [0.05, 0.1) is 6.61 Å².